The van der Waals surface area contributed by atoms with Gasteiger partial charge in [-0.25, -0.2) is 0 Å². The smallest absolute Gasteiger partial charge is 0.305 e. The molecule has 0 saturated heterocycles. The van der Waals surface area contributed by atoms with Gasteiger partial charge < -0.3 is 14.9 Å². The molecule has 32 heavy (non-hydrogen) atoms. The van der Waals surface area contributed by atoms with Crippen molar-refractivity contribution in [2.75, 3.05) is 22.9 Å². The van der Waals surface area contributed by atoms with E-state index in [0.717, 1.165) is 28.7 Å². The zero-order valence-corrected chi connectivity index (χ0v) is 20.2. The molecule has 0 unspecified atom stereocenters. The Balaban J connectivity index is 1.73. The molecule has 8 heteroatoms. The summed E-state index contributed by atoms with van der Waals surface area (Å²) in [6, 6.07) is 12.0. The van der Waals surface area contributed by atoms with Gasteiger partial charge in [0.2, 0.25) is 5.52 Å². The maximum absolute atomic E-state index is 11.3. The fourth-order valence-electron chi connectivity index (χ4n) is 4.03. The summed E-state index contributed by atoms with van der Waals surface area (Å²) in [5, 5.41) is 11.4. The van der Waals surface area contributed by atoms with Gasteiger partial charge in [-0.05, 0) is 38.1 Å². The van der Waals surface area contributed by atoms with E-state index in [1.54, 1.807) is 11.3 Å². The number of carboxylic acids is 1. The largest absolute Gasteiger partial charge is 0.481 e. The average molecular weight is 489 g/mol. The standard InChI is InChI=1S/C24H23Cl2N3O2S/c1-3-27-19-14-16(25)17(26)15-20(19)29(13-12-24(30)31)22(27)10-7-11-23-28(4-2)18-8-5-6-9-21(18)32-23/h5-11,14-15H,3-4,12-13H2,1-2H3/p+1. The number of nitrogens with zero attached hydrogens (tertiary/aromatic N) is 3. The van der Waals surface area contributed by atoms with Crippen LogP contribution >= 0.6 is 34.5 Å². The predicted octanol–water partition coefficient (Wildman–Crippen LogP) is 6.19. The topological polar surface area (TPSA) is 47.7 Å². The van der Waals surface area contributed by atoms with Crippen molar-refractivity contribution in [2.24, 2.45) is 0 Å². The fraction of sp³-hybridized carbons (Fsp3) is 0.250. The molecule has 0 saturated carbocycles. The molecule has 4 rings (SSSR count). The lowest BCUT2D eigenvalue weighted by Gasteiger charge is -2.23. The van der Waals surface area contributed by atoms with Crippen molar-refractivity contribution in [1.82, 2.24) is 0 Å². The summed E-state index contributed by atoms with van der Waals surface area (Å²) in [6.45, 7) is 6.14. The number of para-hydroxylation sites is 1. The molecule has 5 nitrogen and oxygen atoms in total. The van der Waals surface area contributed by atoms with Crippen LogP contribution in [0.25, 0.3) is 16.3 Å². The molecule has 1 aliphatic rings. The van der Waals surface area contributed by atoms with Gasteiger partial charge in [0.05, 0.1) is 27.8 Å². The number of fused-ring (bicyclic) bond motifs is 2. The molecule has 0 spiro atoms. The van der Waals surface area contributed by atoms with Crippen LogP contribution in [0, 0.1) is 0 Å². The Morgan fingerprint density at radius 1 is 1.12 bits per heavy atom. The summed E-state index contributed by atoms with van der Waals surface area (Å²) in [7, 11) is 0. The predicted molar refractivity (Wildman–Crippen MR) is 134 cm³/mol. The zero-order chi connectivity index (χ0) is 22.8. The molecule has 1 aromatic heterocycles. The van der Waals surface area contributed by atoms with Crippen LogP contribution in [0.4, 0.5) is 11.4 Å². The summed E-state index contributed by atoms with van der Waals surface area (Å²) in [5.74, 6) is 0.0632. The molecular formula is C24H24Cl2N3O2S+. The number of carbonyl (C=O) groups is 1. The Morgan fingerprint density at radius 3 is 2.47 bits per heavy atom. The van der Waals surface area contributed by atoms with Crippen molar-refractivity contribution < 1.29 is 14.5 Å². The summed E-state index contributed by atoms with van der Waals surface area (Å²) in [6.07, 6.45) is 6.17. The lowest BCUT2D eigenvalue weighted by molar-refractivity contribution is -0.665. The Hall–Kier alpha value is -2.54. The zero-order valence-electron chi connectivity index (χ0n) is 17.9. The van der Waals surface area contributed by atoms with Gasteiger partial charge in [0, 0.05) is 25.2 Å². The maximum Gasteiger partial charge on any atom is 0.305 e. The Labute approximate surface area is 201 Å². The fourth-order valence-corrected chi connectivity index (χ4v) is 5.48. The van der Waals surface area contributed by atoms with Crippen LogP contribution in [0.5, 0.6) is 0 Å². The Morgan fingerprint density at radius 2 is 1.81 bits per heavy atom. The van der Waals surface area contributed by atoms with Crippen molar-refractivity contribution in [3.05, 3.63) is 69.4 Å². The second-order valence-corrected chi connectivity index (χ2v) is 9.21. The molecule has 0 radical (unpaired) electrons. The van der Waals surface area contributed by atoms with Gasteiger partial charge in [-0.1, -0.05) is 52.7 Å². The van der Waals surface area contributed by atoms with E-state index in [1.807, 2.05) is 29.2 Å². The van der Waals surface area contributed by atoms with E-state index in [4.69, 9.17) is 23.2 Å². The number of carboxylic acid groups (broad SMARTS) is 1. The highest BCUT2D eigenvalue weighted by atomic mass is 35.5. The van der Waals surface area contributed by atoms with Crippen LogP contribution in [0.3, 0.4) is 0 Å². The van der Waals surface area contributed by atoms with Crippen LogP contribution in [0.1, 0.15) is 25.3 Å². The minimum absolute atomic E-state index is 0.0183. The van der Waals surface area contributed by atoms with Crippen molar-refractivity contribution in [1.29, 1.82) is 0 Å². The van der Waals surface area contributed by atoms with E-state index in [-0.39, 0.29) is 6.42 Å². The normalized spacial score (nSPS) is 14.8. The second kappa shape index (κ2) is 9.53. The number of benzene rings is 2. The molecule has 0 amide bonds. The van der Waals surface area contributed by atoms with Gasteiger partial charge in [-0.3, -0.25) is 4.79 Å². The number of allylic oxidation sites excluding steroid dienone is 2. The molecule has 1 N–H and O–H groups in total. The quantitative estimate of drug-likeness (QED) is 0.402. The molecule has 0 aliphatic carbocycles. The summed E-state index contributed by atoms with van der Waals surface area (Å²) < 4.78 is 3.54. The van der Waals surface area contributed by atoms with Gasteiger partial charge in [0.15, 0.2) is 0 Å². The van der Waals surface area contributed by atoms with E-state index in [9.17, 15) is 9.90 Å². The van der Waals surface area contributed by atoms with E-state index in [1.165, 1.54) is 10.2 Å². The number of thiazole rings is 1. The number of halogens is 2. The maximum atomic E-state index is 11.3. The van der Waals surface area contributed by atoms with Crippen molar-refractivity contribution in [2.45, 2.75) is 26.8 Å². The van der Waals surface area contributed by atoms with Crippen LogP contribution in [-0.2, 0) is 11.3 Å². The molecule has 0 fully saturated rings. The summed E-state index contributed by atoms with van der Waals surface area (Å²) >= 11 is 14.3. The molecule has 1 aliphatic heterocycles. The number of aryl methyl sites for hydroxylation is 1. The van der Waals surface area contributed by atoms with Crippen LogP contribution in [-0.4, -0.2) is 24.2 Å². The number of aromatic nitrogens is 1. The summed E-state index contributed by atoms with van der Waals surface area (Å²) in [5.41, 5.74) is 3.02. The highest BCUT2D eigenvalue weighted by Gasteiger charge is 2.31. The number of hydrogen-bond donors (Lipinski definition) is 1. The second-order valence-electron chi connectivity index (χ2n) is 7.33. The van der Waals surface area contributed by atoms with E-state index in [0.29, 0.717) is 23.1 Å². The van der Waals surface area contributed by atoms with Gasteiger partial charge in [-0.15, -0.1) is 0 Å². The van der Waals surface area contributed by atoms with E-state index < -0.39 is 5.97 Å². The number of anilines is 2. The monoisotopic (exact) mass is 488 g/mol. The molecule has 0 atom stereocenters. The van der Waals surface area contributed by atoms with Gasteiger partial charge in [-0.2, -0.15) is 4.57 Å². The van der Waals surface area contributed by atoms with Crippen molar-refractivity contribution in [3.63, 3.8) is 0 Å². The van der Waals surface area contributed by atoms with Gasteiger partial charge in [0.1, 0.15) is 17.1 Å². The highest BCUT2D eigenvalue weighted by Crippen LogP contribution is 2.45. The van der Waals surface area contributed by atoms with Gasteiger partial charge >= 0.3 is 5.97 Å². The molecule has 0 bridgehead atoms. The van der Waals surface area contributed by atoms with E-state index in [2.05, 4.69) is 53.7 Å². The van der Waals surface area contributed by atoms with Crippen molar-refractivity contribution in [3.8, 4) is 0 Å². The summed E-state index contributed by atoms with van der Waals surface area (Å²) in [4.78, 5) is 15.4. The SMILES string of the molecule is CCN1/C(=C\C=C\c2sc3ccccc3[n+]2CC)N(CCC(=O)O)c2cc(Cl)c(Cl)cc21. The molecule has 166 valence electrons. The Kier molecular flexibility index (Phi) is 6.74. The Bertz CT molecular complexity index is 1240. The first-order chi connectivity index (χ1) is 15.4. The minimum atomic E-state index is -0.842. The van der Waals surface area contributed by atoms with E-state index >= 15 is 0 Å². The lowest BCUT2D eigenvalue weighted by atomic mass is 10.2. The third kappa shape index (κ3) is 4.22. The van der Waals surface area contributed by atoms with Crippen LogP contribution in [0.2, 0.25) is 10.0 Å². The number of aliphatic carboxylic acids is 1. The number of hydrogen-bond acceptors (Lipinski definition) is 4. The molecule has 3 aromatic rings. The van der Waals surface area contributed by atoms with Crippen molar-refractivity contribution >= 4 is 68.2 Å². The molecular weight excluding hydrogens is 465 g/mol. The lowest BCUT2D eigenvalue weighted by Crippen LogP contribution is -2.33. The number of rotatable bonds is 7. The van der Waals surface area contributed by atoms with Crippen LogP contribution in [0.15, 0.2) is 54.4 Å². The molecule has 2 heterocycles. The molecule has 2 aromatic carbocycles. The third-order valence-corrected chi connectivity index (χ3v) is 7.31. The average Bonchev–Trinajstić information content (AvgIpc) is 3.26. The minimum Gasteiger partial charge on any atom is -0.481 e. The van der Waals surface area contributed by atoms with Crippen LogP contribution < -0.4 is 14.4 Å². The third-order valence-electron chi connectivity index (χ3n) is 5.45. The first kappa shape index (κ1) is 22.6. The highest BCUT2D eigenvalue weighted by molar-refractivity contribution is 7.18. The van der Waals surface area contributed by atoms with Gasteiger partial charge in [0.25, 0.3) is 5.01 Å². The first-order valence-electron chi connectivity index (χ1n) is 10.5. The first-order valence-corrected chi connectivity index (χ1v) is 12.1.